The summed E-state index contributed by atoms with van der Waals surface area (Å²) in [6.07, 6.45) is 4.19. The van der Waals surface area contributed by atoms with Crippen LogP contribution in [0.5, 0.6) is 0 Å². The van der Waals surface area contributed by atoms with Crippen molar-refractivity contribution in [2.45, 2.75) is 46.5 Å². The number of hydrogen-bond acceptors (Lipinski definition) is 2. The number of hydrogen-bond donors (Lipinski definition) is 2. The summed E-state index contributed by atoms with van der Waals surface area (Å²) < 4.78 is 0. The van der Waals surface area contributed by atoms with E-state index in [1.165, 1.54) is 29.6 Å². The number of nitrogens with two attached hydrogens (primary N) is 1. The minimum absolute atomic E-state index is 0.530. The van der Waals surface area contributed by atoms with Crippen molar-refractivity contribution in [1.82, 2.24) is 5.43 Å². The summed E-state index contributed by atoms with van der Waals surface area (Å²) >= 11 is 0. The summed E-state index contributed by atoms with van der Waals surface area (Å²) in [6.45, 7) is 10.3. The monoisotopic (exact) mass is 249 g/mol. The molecule has 0 aliphatic heterocycles. The Labute approximate surface area is 109 Å². The van der Waals surface area contributed by atoms with E-state index in [4.69, 9.17) is 5.73 Å². The fraction of sp³-hybridized carbons (Fsp3) is 0.571. The maximum atomic E-state index is 10.5. The van der Waals surface area contributed by atoms with Crippen molar-refractivity contribution < 1.29 is 4.79 Å². The number of amides is 2. The topological polar surface area (TPSA) is 67.5 Å². The minimum atomic E-state index is -0.620. The van der Waals surface area contributed by atoms with E-state index in [1.807, 2.05) is 6.92 Å². The Kier molecular flexibility index (Phi) is 5.13. The molecule has 0 bridgehead atoms. The Bertz CT molecular complexity index is 407. The van der Waals surface area contributed by atoms with Gasteiger partial charge in [-0.15, -0.1) is 0 Å². The van der Waals surface area contributed by atoms with Crippen molar-refractivity contribution in [2.75, 3.05) is 0 Å². The lowest BCUT2D eigenvalue weighted by molar-refractivity contribution is 0.249. The van der Waals surface area contributed by atoms with Crippen LogP contribution in [0.1, 0.15) is 46.5 Å². The van der Waals surface area contributed by atoms with Crippen LogP contribution in [0.2, 0.25) is 0 Å². The van der Waals surface area contributed by atoms with Crippen LogP contribution in [-0.2, 0) is 0 Å². The highest BCUT2D eigenvalue weighted by Crippen LogP contribution is 2.38. The second-order valence-corrected chi connectivity index (χ2v) is 5.07. The fourth-order valence-electron chi connectivity index (χ4n) is 2.45. The first-order valence-electron chi connectivity index (χ1n) is 6.34. The number of primary amides is 1. The molecule has 0 fully saturated rings. The third-order valence-corrected chi connectivity index (χ3v) is 3.48. The fourth-order valence-corrected chi connectivity index (χ4v) is 2.45. The predicted molar refractivity (Wildman–Crippen MR) is 75.3 cm³/mol. The summed E-state index contributed by atoms with van der Waals surface area (Å²) in [5.41, 5.74) is 12.3. The van der Waals surface area contributed by atoms with Gasteiger partial charge in [-0.3, -0.25) is 0 Å². The molecule has 0 radical (unpaired) electrons. The number of hydrazone groups is 1. The average Bonchev–Trinajstić information content (AvgIpc) is 2.65. The number of carbonyl (C=O) groups excluding carboxylic acids is 1. The standard InChI is InChI=1S/C14H23N3O/c1-9(2)12-7-5-10(3)13(12)8-6-11(4)16-17-14(15)18/h12H,1,5-8H2,2-4H3,(H3,15,17,18)/b16-11-/t12-/m0/s1. The lowest BCUT2D eigenvalue weighted by atomic mass is 9.90. The van der Waals surface area contributed by atoms with Gasteiger partial charge in [0.2, 0.25) is 0 Å². The van der Waals surface area contributed by atoms with Crippen LogP contribution < -0.4 is 11.2 Å². The van der Waals surface area contributed by atoms with Gasteiger partial charge in [-0.1, -0.05) is 23.3 Å². The summed E-state index contributed by atoms with van der Waals surface area (Å²) in [5.74, 6) is 0.530. The number of urea groups is 1. The van der Waals surface area contributed by atoms with Gasteiger partial charge in [-0.2, -0.15) is 5.10 Å². The highest BCUT2D eigenvalue weighted by molar-refractivity contribution is 5.83. The second kappa shape index (κ2) is 6.38. The van der Waals surface area contributed by atoms with Crippen molar-refractivity contribution in [3.05, 3.63) is 23.3 Å². The molecule has 0 aromatic rings. The first-order valence-corrected chi connectivity index (χ1v) is 6.34. The molecule has 1 atom stereocenters. The second-order valence-electron chi connectivity index (χ2n) is 5.07. The molecule has 0 unspecified atom stereocenters. The van der Waals surface area contributed by atoms with Crippen molar-refractivity contribution in [2.24, 2.45) is 16.8 Å². The van der Waals surface area contributed by atoms with Crippen LogP contribution in [0.3, 0.4) is 0 Å². The summed E-state index contributed by atoms with van der Waals surface area (Å²) in [4.78, 5) is 10.5. The molecular weight excluding hydrogens is 226 g/mol. The third-order valence-electron chi connectivity index (χ3n) is 3.48. The van der Waals surface area contributed by atoms with E-state index < -0.39 is 6.03 Å². The zero-order valence-electron chi connectivity index (χ0n) is 11.5. The molecule has 1 aliphatic carbocycles. The van der Waals surface area contributed by atoms with Crippen LogP contribution in [0.25, 0.3) is 0 Å². The Morgan fingerprint density at radius 3 is 2.78 bits per heavy atom. The third kappa shape index (κ3) is 4.02. The van der Waals surface area contributed by atoms with E-state index in [1.54, 1.807) is 0 Å². The van der Waals surface area contributed by atoms with Crippen molar-refractivity contribution in [1.29, 1.82) is 0 Å². The van der Waals surface area contributed by atoms with Gasteiger partial charge in [0.1, 0.15) is 0 Å². The Morgan fingerprint density at radius 1 is 1.56 bits per heavy atom. The number of nitrogens with one attached hydrogen (secondary N) is 1. The Morgan fingerprint density at radius 2 is 2.22 bits per heavy atom. The Balaban J connectivity index is 2.57. The molecule has 4 heteroatoms. The van der Waals surface area contributed by atoms with Gasteiger partial charge in [-0.25, -0.2) is 10.2 Å². The van der Waals surface area contributed by atoms with Crippen LogP contribution >= 0.6 is 0 Å². The number of allylic oxidation sites excluding steroid dienone is 3. The molecule has 1 rings (SSSR count). The van der Waals surface area contributed by atoms with Gasteiger partial charge in [-0.05, 0) is 46.5 Å². The maximum absolute atomic E-state index is 10.5. The molecule has 0 aromatic heterocycles. The maximum Gasteiger partial charge on any atom is 0.332 e. The first-order chi connectivity index (χ1) is 8.41. The summed E-state index contributed by atoms with van der Waals surface area (Å²) in [6, 6.07) is -0.620. The largest absolute Gasteiger partial charge is 0.350 e. The van der Waals surface area contributed by atoms with Crippen LogP contribution in [-0.4, -0.2) is 11.7 Å². The number of rotatable bonds is 5. The van der Waals surface area contributed by atoms with E-state index in [9.17, 15) is 4.79 Å². The van der Waals surface area contributed by atoms with Crippen LogP contribution in [0, 0.1) is 5.92 Å². The van der Waals surface area contributed by atoms with Crippen LogP contribution in [0.4, 0.5) is 4.79 Å². The van der Waals surface area contributed by atoms with Gasteiger partial charge in [0, 0.05) is 11.6 Å². The molecule has 100 valence electrons. The van der Waals surface area contributed by atoms with Gasteiger partial charge in [0.25, 0.3) is 0 Å². The minimum Gasteiger partial charge on any atom is -0.350 e. The lowest BCUT2D eigenvalue weighted by Gasteiger charge is -2.15. The van der Waals surface area contributed by atoms with E-state index >= 15 is 0 Å². The van der Waals surface area contributed by atoms with E-state index in [2.05, 4.69) is 31.0 Å². The van der Waals surface area contributed by atoms with E-state index in [-0.39, 0.29) is 0 Å². The zero-order valence-corrected chi connectivity index (χ0v) is 11.5. The van der Waals surface area contributed by atoms with Crippen molar-refractivity contribution >= 4 is 11.7 Å². The number of carbonyl (C=O) groups is 1. The van der Waals surface area contributed by atoms with E-state index in [0.717, 1.165) is 18.6 Å². The quantitative estimate of drug-likeness (QED) is 0.439. The average molecular weight is 249 g/mol. The lowest BCUT2D eigenvalue weighted by Crippen LogP contribution is -2.25. The van der Waals surface area contributed by atoms with Gasteiger partial charge >= 0.3 is 6.03 Å². The smallest absolute Gasteiger partial charge is 0.332 e. The summed E-state index contributed by atoms with van der Waals surface area (Å²) in [5, 5.41) is 3.93. The predicted octanol–water partition coefficient (Wildman–Crippen LogP) is 3.11. The Hall–Kier alpha value is -1.58. The first kappa shape index (κ1) is 14.5. The zero-order chi connectivity index (χ0) is 13.7. The summed E-state index contributed by atoms with van der Waals surface area (Å²) in [7, 11) is 0. The molecule has 18 heavy (non-hydrogen) atoms. The molecule has 4 nitrogen and oxygen atoms in total. The van der Waals surface area contributed by atoms with Gasteiger partial charge in [0.15, 0.2) is 0 Å². The molecule has 1 aliphatic rings. The molecular formula is C14H23N3O. The van der Waals surface area contributed by atoms with E-state index in [0.29, 0.717) is 5.92 Å². The normalized spacial score (nSPS) is 20.2. The molecule has 0 saturated heterocycles. The van der Waals surface area contributed by atoms with Crippen molar-refractivity contribution in [3.8, 4) is 0 Å². The molecule has 0 saturated carbocycles. The molecule has 3 N–H and O–H groups in total. The molecule has 2 amide bonds. The highest BCUT2D eigenvalue weighted by Gasteiger charge is 2.23. The highest BCUT2D eigenvalue weighted by atomic mass is 16.2. The van der Waals surface area contributed by atoms with Gasteiger partial charge in [0.05, 0.1) is 0 Å². The molecule has 0 aromatic carbocycles. The van der Waals surface area contributed by atoms with Gasteiger partial charge < -0.3 is 5.73 Å². The van der Waals surface area contributed by atoms with Crippen molar-refractivity contribution in [3.63, 3.8) is 0 Å². The molecule has 0 spiro atoms. The van der Waals surface area contributed by atoms with Crippen LogP contribution in [0.15, 0.2) is 28.4 Å². The molecule has 0 heterocycles. The SMILES string of the molecule is C=C(C)[C@@H]1CCC(C)=C1CC/C(C)=N\NC(N)=O. The number of nitrogens with zero attached hydrogens (tertiary/aromatic N) is 1.